The number of thiophene rings is 1. The first-order valence-electron chi connectivity index (χ1n) is 10.2. The van der Waals surface area contributed by atoms with Crippen molar-refractivity contribution < 1.29 is 13.2 Å². The van der Waals surface area contributed by atoms with Crippen LogP contribution >= 0.6 is 22.9 Å². The fraction of sp³-hybridized carbons (Fsp3) is 0.130. The van der Waals surface area contributed by atoms with E-state index < -0.39 is 23.1 Å². The predicted molar refractivity (Wildman–Crippen MR) is 127 cm³/mol. The lowest BCUT2D eigenvalue weighted by atomic mass is 9.98. The van der Waals surface area contributed by atoms with Gasteiger partial charge in [-0.25, -0.2) is 14.2 Å². The smallest absolute Gasteiger partial charge is 0.267 e. The first kappa shape index (κ1) is 23.1. The van der Waals surface area contributed by atoms with Crippen molar-refractivity contribution >= 4 is 28.6 Å². The fourth-order valence-electron chi connectivity index (χ4n) is 3.82. The molecule has 4 aromatic heterocycles. The molecular weight excluding hydrogens is 503 g/mol. The topological polar surface area (TPSA) is 74.2 Å². The maximum absolute atomic E-state index is 13.5. The third kappa shape index (κ3) is 4.06. The Balaban J connectivity index is 1.73. The molecule has 0 saturated carbocycles. The Labute approximate surface area is 204 Å². The molecule has 0 unspecified atom stereocenters. The highest BCUT2D eigenvalue weighted by molar-refractivity contribution is 7.08. The molecule has 0 N–H and O–H groups in total. The van der Waals surface area contributed by atoms with Gasteiger partial charge in [0.05, 0.1) is 12.1 Å². The fourth-order valence-corrected chi connectivity index (χ4v) is 4.60. The molecule has 0 bridgehead atoms. The van der Waals surface area contributed by atoms with E-state index >= 15 is 0 Å². The van der Waals surface area contributed by atoms with E-state index in [1.807, 2.05) is 16.8 Å². The Kier molecular flexibility index (Phi) is 5.60. The standard InChI is InChI=1S/C23H15ClF3N5O2S/c1-30-21(33)19(14-3-5-16(24)6-4-14)18(15-8-9-35-12-15)20-29-31(22(34)32(20)30)11-13-2-7-17(28-10-13)23(25,26)27/h2-10,12H,11H2,1H3. The van der Waals surface area contributed by atoms with Gasteiger partial charge in [0.1, 0.15) is 5.69 Å². The Morgan fingerprint density at radius 1 is 1.00 bits per heavy atom. The molecule has 0 spiro atoms. The third-order valence-corrected chi connectivity index (χ3v) is 6.42. The van der Waals surface area contributed by atoms with Crippen molar-refractivity contribution in [2.75, 3.05) is 0 Å². The average molecular weight is 518 g/mol. The lowest BCUT2D eigenvalue weighted by Crippen LogP contribution is -2.33. The molecule has 1 aromatic carbocycles. The zero-order valence-electron chi connectivity index (χ0n) is 18.0. The SMILES string of the molecule is Cn1c(=O)c(-c2ccc(Cl)cc2)c(-c2ccsc2)c2nn(Cc3ccc(C(F)(F)F)nc3)c(=O)n21. The van der Waals surface area contributed by atoms with Gasteiger partial charge in [0.2, 0.25) is 0 Å². The van der Waals surface area contributed by atoms with Gasteiger partial charge < -0.3 is 0 Å². The van der Waals surface area contributed by atoms with E-state index in [0.717, 1.165) is 21.5 Å². The van der Waals surface area contributed by atoms with Gasteiger partial charge in [-0.1, -0.05) is 29.8 Å². The first-order valence-corrected chi connectivity index (χ1v) is 11.5. The van der Waals surface area contributed by atoms with Crippen LogP contribution in [0.5, 0.6) is 0 Å². The summed E-state index contributed by atoms with van der Waals surface area (Å²) in [7, 11) is 1.46. The summed E-state index contributed by atoms with van der Waals surface area (Å²) in [6.45, 7) is -0.126. The third-order valence-electron chi connectivity index (χ3n) is 5.49. The Bertz CT molecular complexity index is 1650. The summed E-state index contributed by atoms with van der Waals surface area (Å²) in [6.07, 6.45) is -3.51. The summed E-state index contributed by atoms with van der Waals surface area (Å²) in [4.78, 5) is 30.1. The molecule has 5 rings (SSSR count). The summed E-state index contributed by atoms with van der Waals surface area (Å²) in [6, 6.07) is 10.7. The van der Waals surface area contributed by atoms with Crippen LogP contribution in [0.15, 0.2) is 69.0 Å². The van der Waals surface area contributed by atoms with Crippen LogP contribution in [0, 0.1) is 0 Å². The molecule has 0 atom stereocenters. The summed E-state index contributed by atoms with van der Waals surface area (Å²) in [5.74, 6) is 0. The number of halogens is 4. The van der Waals surface area contributed by atoms with Crippen LogP contribution in [0.3, 0.4) is 0 Å². The van der Waals surface area contributed by atoms with Crippen molar-refractivity contribution in [1.82, 2.24) is 24.0 Å². The van der Waals surface area contributed by atoms with Crippen LogP contribution in [0.25, 0.3) is 27.9 Å². The molecule has 0 fully saturated rings. The van der Waals surface area contributed by atoms with Gasteiger partial charge >= 0.3 is 11.9 Å². The highest BCUT2D eigenvalue weighted by atomic mass is 35.5. The van der Waals surface area contributed by atoms with E-state index in [0.29, 0.717) is 32.8 Å². The van der Waals surface area contributed by atoms with Crippen molar-refractivity contribution in [3.05, 3.63) is 96.5 Å². The Morgan fingerprint density at radius 2 is 1.74 bits per heavy atom. The molecule has 0 saturated heterocycles. The second-order valence-electron chi connectivity index (χ2n) is 7.72. The zero-order chi connectivity index (χ0) is 24.9. The molecule has 4 heterocycles. The molecule has 35 heavy (non-hydrogen) atoms. The van der Waals surface area contributed by atoms with Crippen molar-refractivity contribution in [2.45, 2.75) is 12.7 Å². The lowest BCUT2D eigenvalue weighted by molar-refractivity contribution is -0.141. The van der Waals surface area contributed by atoms with Crippen LogP contribution in [0.2, 0.25) is 5.02 Å². The van der Waals surface area contributed by atoms with E-state index in [2.05, 4.69) is 10.1 Å². The van der Waals surface area contributed by atoms with Crippen LogP contribution in [-0.4, -0.2) is 24.0 Å². The number of alkyl halides is 3. The van der Waals surface area contributed by atoms with E-state index in [-0.39, 0.29) is 12.2 Å². The van der Waals surface area contributed by atoms with E-state index in [9.17, 15) is 22.8 Å². The summed E-state index contributed by atoms with van der Waals surface area (Å²) >= 11 is 7.45. The number of rotatable bonds is 4. The minimum Gasteiger partial charge on any atom is -0.267 e. The van der Waals surface area contributed by atoms with Gasteiger partial charge in [0, 0.05) is 23.8 Å². The van der Waals surface area contributed by atoms with Crippen LogP contribution < -0.4 is 11.2 Å². The van der Waals surface area contributed by atoms with Crippen molar-refractivity contribution in [2.24, 2.45) is 7.05 Å². The van der Waals surface area contributed by atoms with Crippen molar-refractivity contribution in [3.8, 4) is 22.3 Å². The minimum absolute atomic E-state index is 0.126. The number of hydrogen-bond donors (Lipinski definition) is 0. The molecule has 0 amide bonds. The van der Waals surface area contributed by atoms with E-state index in [4.69, 9.17) is 11.6 Å². The number of nitrogens with zero attached hydrogens (tertiary/aromatic N) is 5. The zero-order valence-corrected chi connectivity index (χ0v) is 19.5. The molecule has 0 aliphatic carbocycles. The summed E-state index contributed by atoms with van der Waals surface area (Å²) in [5.41, 5.74) is 0.657. The van der Waals surface area contributed by atoms with Gasteiger partial charge in [-0.15, -0.1) is 5.10 Å². The largest absolute Gasteiger partial charge is 0.433 e. The average Bonchev–Trinajstić information content (AvgIpc) is 3.45. The minimum atomic E-state index is -4.57. The van der Waals surface area contributed by atoms with Crippen LogP contribution in [-0.2, 0) is 19.8 Å². The molecule has 0 aliphatic heterocycles. The highest BCUT2D eigenvalue weighted by Gasteiger charge is 2.32. The molecule has 5 aromatic rings. The lowest BCUT2D eigenvalue weighted by Gasteiger charge is -2.12. The number of aromatic nitrogens is 5. The summed E-state index contributed by atoms with van der Waals surface area (Å²) in [5, 5.41) is 8.67. The highest BCUT2D eigenvalue weighted by Crippen LogP contribution is 2.34. The molecule has 7 nitrogen and oxygen atoms in total. The number of pyridine rings is 1. The number of hydrogen-bond acceptors (Lipinski definition) is 5. The van der Waals surface area contributed by atoms with Gasteiger partial charge in [-0.05, 0) is 51.7 Å². The second kappa shape index (κ2) is 8.51. The molecular formula is C23H15ClF3N5O2S. The number of aryl methyl sites for hydroxylation is 1. The normalized spacial score (nSPS) is 11.9. The second-order valence-corrected chi connectivity index (χ2v) is 8.94. The van der Waals surface area contributed by atoms with E-state index in [1.165, 1.54) is 29.1 Å². The van der Waals surface area contributed by atoms with Crippen molar-refractivity contribution in [3.63, 3.8) is 0 Å². The van der Waals surface area contributed by atoms with Crippen molar-refractivity contribution in [1.29, 1.82) is 0 Å². The van der Waals surface area contributed by atoms with Crippen LogP contribution in [0.1, 0.15) is 11.3 Å². The monoisotopic (exact) mass is 517 g/mol. The predicted octanol–water partition coefficient (Wildman–Crippen LogP) is 4.71. The molecule has 0 aliphatic rings. The van der Waals surface area contributed by atoms with E-state index in [1.54, 1.807) is 24.3 Å². The summed E-state index contributed by atoms with van der Waals surface area (Å²) < 4.78 is 41.9. The maximum atomic E-state index is 13.5. The number of benzene rings is 1. The maximum Gasteiger partial charge on any atom is 0.433 e. The molecule has 12 heteroatoms. The van der Waals surface area contributed by atoms with Gasteiger partial charge in [0.15, 0.2) is 5.65 Å². The molecule has 0 radical (unpaired) electrons. The van der Waals surface area contributed by atoms with Gasteiger partial charge in [-0.3, -0.25) is 9.78 Å². The first-order chi connectivity index (χ1) is 16.6. The van der Waals surface area contributed by atoms with Crippen LogP contribution in [0.4, 0.5) is 13.2 Å². The van der Waals surface area contributed by atoms with Gasteiger partial charge in [0.25, 0.3) is 5.56 Å². The quantitative estimate of drug-likeness (QED) is 0.346. The molecule has 178 valence electrons. The Morgan fingerprint density at radius 3 is 2.34 bits per heavy atom. The number of fused-ring (bicyclic) bond motifs is 1. The Hall–Kier alpha value is -3.70. The van der Waals surface area contributed by atoms with Gasteiger partial charge in [-0.2, -0.15) is 29.0 Å².